The van der Waals surface area contributed by atoms with E-state index in [1.807, 2.05) is 65.8 Å². The molecule has 0 heterocycles. The number of hydrogen-bond acceptors (Lipinski definition) is 13. The second-order valence-corrected chi connectivity index (χ2v) is 27.0. The Labute approximate surface area is 456 Å². The minimum absolute atomic E-state index is 0.0163. The van der Waals surface area contributed by atoms with E-state index in [0.29, 0.717) is 11.1 Å². The van der Waals surface area contributed by atoms with Crippen LogP contribution in [0.4, 0.5) is 0 Å². The molecule has 6 aromatic carbocycles. The molecule has 0 atom stereocenters. The van der Waals surface area contributed by atoms with Gasteiger partial charge in [0.15, 0.2) is 0 Å². The summed E-state index contributed by atoms with van der Waals surface area (Å²) >= 11 is 23.8. The maximum atomic E-state index is 13.4. The molecule has 0 fully saturated rings. The van der Waals surface area contributed by atoms with Gasteiger partial charge in [0.25, 0.3) is 0 Å². The molecular formula is C55H55Cl4O13P3. The van der Waals surface area contributed by atoms with E-state index in [1.165, 1.54) is 95.8 Å². The van der Waals surface area contributed by atoms with Gasteiger partial charge in [-0.1, -0.05) is 106 Å². The molecule has 20 heteroatoms. The van der Waals surface area contributed by atoms with Gasteiger partial charge in [-0.05, 0) is 112 Å². The minimum Gasteiger partial charge on any atom is -0.496 e. The lowest BCUT2D eigenvalue weighted by Crippen LogP contribution is -2.14. The van der Waals surface area contributed by atoms with Crippen LogP contribution >= 0.6 is 67.8 Å². The molecule has 0 amide bonds. The molecular weight excluding hydrogens is 1100 g/mol. The molecule has 6 aromatic rings. The third-order valence-corrected chi connectivity index (χ3v) is 19.0. The summed E-state index contributed by atoms with van der Waals surface area (Å²) in [7, 11) is -6.36. The van der Waals surface area contributed by atoms with Gasteiger partial charge in [0.1, 0.15) is 34.1 Å². The lowest BCUT2D eigenvalue weighted by atomic mass is 10.0. The quantitative estimate of drug-likeness (QED) is 0.0833. The van der Waals surface area contributed by atoms with Gasteiger partial charge in [0.2, 0.25) is 54.6 Å². The van der Waals surface area contributed by atoms with Crippen molar-refractivity contribution in [3.05, 3.63) is 184 Å². The van der Waals surface area contributed by atoms with E-state index >= 15 is 0 Å². The minimum atomic E-state index is -4.08. The van der Waals surface area contributed by atoms with Crippen LogP contribution in [-0.4, -0.2) is 81.6 Å². The predicted octanol–water partition coefficient (Wildman–Crippen LogP) is 15.5. The Bertz CT molecular complexity index is 3100. The van der Waals surface area contributed by atoms with Crippen molar-refractivity contribution < 1.29 is 61.4 Å². The molecule has 0 saturated heterocycles. The first-order valence-corrected chi connectivity index (χ1v) is 30.4. The Morgan fingerprint density at radius 3 is 0.733 bits per heavy atom. The summed E-state index contributed by atoms with van der Waals surface area (Å²) in [6, 6.07) is 25.7. The van der Waals surface area contributed by atoms with Gasteiger partial charge >= 0.3 is 0 Å². The number of aryl methyl sites for hydroxylation is 6. The van der Waals surface area contributed by atoms with Gasteiger partial charge in [-0.25, -0.2) is 0 Å². The van der Waals surface area contributed by atoms with Crippen molar-refractivity contribution in [2.75, 3.05) is 48.4 Å². The third kappa shape index (κ3) is 13.3. The van der Waals surface area contributed by atoms with Crippen molar-refractivity contribution in [1.82, 2.24) is 0 Å². The van der Waals surface area contributed by atoms with Gasteiger partial charge in [0.05, 0.1) is 59.7 Å². The standard InChI is InChI=1S/C21H25O3P.C19H21O7P.C15H9Cl4O3P/c1-12-8-14(3)18(15(4)9-12)20(22)25(7,24)21(23)19-16(5)10-13(2)11-17(19)6;1-23-12-8-6-9-13(24-2)16(12)18(20)27(5,22)19(21)17-14(25-3)10-7-11-15(17)26-4;1-23(22,14(20)12-8(16)4-2-5-9(12)17)15(21)13-10(18)6-3-7-11(13)19/h8-11H,1-7H3;6-11H,1-5H3;2-7H,1H3. The summed E-state index contributed by atoms with van der Waals surface area (Å²) in [6.07, 6.45) is 0. The van der Waals surface area contributed by atoms with Crippen molar-refractivity contribution in [2.24, 2.45) is 0 Å². The molecule has 0 unspecified atom stereocenters. The maximum Gasteiger partial charge on any atom is 0.236 e. The van der Waals surface area contributed by atoms with Crippen molar-refractivity contribution in [1.29, 1.82) is 0 Å². The smallest absolute Gasteiger partial charge is 0.236 e. The topological polar surface area (TPSA) is 191 Å². The number of carbonyl (C=O) groups excluding carboxylic acids is 6. The van der Waals surface area contributed by atoms with E-state index in [2.05, 4.69) is 0 Å². The van der Waals surface area contributed by atoms with Crippen LogP contribution in [0.1, 0.15) is 95.5 Å². The fourth-order valence-corrected chi connectivity index (χ4v) is 14.3. The molecule has 75 heavy (non-hydrogen) atoms. The van der Waals surface area contributed by atoms with Crippen LogP contribution in [-0.2, 0) is 13.7 Å². The molecule has 0 N–H and O–H groups in total. The number of rotatable bonds is 16. The summed E-state index contributed by atoms with van der Waals surface area (Å²) in [5.74, 6) is 0.671. The Balaban J connectivity index is 0.000000244. The second-order valence-electron chi connectivity index (χ2n) is 17.4. The largest absolute Gasteiger partial charge is 0.496 e. The van der Waals surface area contributed by atoms with Crippen LogP contribution in [0, 0.1) is 41.5 Å². The Morgan fingerprint density at radius 1 is 0.333 bits per heavy atom. The van der Waals surface area contributed by atoms with Gasteiger partial charge < -0.3 is 32.6 Å². The summed E-state index contributed by atoms with van der Waals surface area (Å²) in [6.45, 7) is 14.6. The molecule has 0 saturated carbocycles. The van der Waals surface area contributed by atoms with E-state index < -0.39 is 54.6 Å². The van der Waals surface area contributed by atoms with E-state index in [1.54, 1.807) is 12.1 Å². The first kappa shape index (κ1) is 61.9. The van der Waals surface area contributed by atoms with Crippen LogP contribution in [0.2, 0.25) is 20.1 Å². The molecule has 0 aromatic heterocycles. The second kappa shape index (κ2) is 25.5. The monoisotopic (exact) mass is 1160 g/mol. The van der Waals surface area contributed by atoms with Gasteiger partial charge in [-0.2, -0.15) is 0 Å². The average molecular weight is 1160 g/mol. The maximum absolute atomic E-state index is 13.4. The van der Waals surface area contributed by atoms with Gasteiger partial charge in [-0.15, -0.1) is 0 Å². The van der Waals surface area contributed by atoms with E-state index in [9.17, 15) is 42.5 Å². The molecule has 0 bridgehead atoms. The van der Waals surface area contributed by atoms with Crippen LogP contribution < -0.4 is 18.9 Å². The summed E-state index contributed by atoms with van der Waals surface area (Å²) in [4.78, 5) is 77.5. The highest BCUT2D eigenvalue weighted by molar-refractivity contribution is 7.95. The van der Waals surface area contributed by atoms with Gasteiger partial charge in [-0.3, -0.25) is 28.8 Å². The number of methoxy groups -OCH3 is 4. The number of halogens is 4. The zero-order valence-electron chi connectivity index (χ0n) is 43.4. The van der Waals surface area contributed by atoms with E-state index in [4.69, 9.17) is 65.4 Å². The summed E-state index contributed by atoms with van der Waals surface area (Å²) < 4.78 is 60.3. The van der Waals surface area contributed by atoms with E-state index in [-0.39, 0.29) is 65.3 Å². The van der Waals surface area contributed by atoms with Crippen molar-refractivity contribution in [2.45, 2.75) is 41.5 Å². The Kier molecular flexibility index (Phi) is 21.0. The predicted molar refractivity (Wildman–Crippen MR) is 300 cm³/mol. The first-order valence-electron chi connectivity index (χ1n) is 22.4. The summed E-state index contributed by atoms with van der Waals surface area (Å²) in [5, 5.41) is 0.0653. The molecule has 0 spiro atoms. The number of hydrogen-bond donors (Lipinski definition) is 0. The van der Waals surface area contributed by atoms with Crippen LogP contribution in [0.15, 0.2) is 97.1 Å². The molecule has 0 aliphatic carbocycles. The third-order valence-electron chi connectivity index (χ3n) is 11.7. The summed E-state index contributed by atoms with van der Waals surface area (Å²) in [5.41, 5.74) is 0.824. The molecule has 13 nitrogen and oxygen atoms in total. The normalized spacial score (nSPS) is 11.2. The molecule has 0 aliphatic rings. The number of ether oxygens (including phenoxy) is 4. The fourth-order valence-electron chi connectivity index (χ4n) is 8.12. The highest BCUT2D eigenvalue weighted by Crippen LogP contribution is 2.55. The molecule has 396 valence electrons. The van der Waals surface area contributed by atoms with Crippen molar-refractivity contribution >= 4 is 101 Å². The highest BCUT2D eigenvalue weighted by Gasteiger charge is 2.43. The zero-order chi connectivity index (χ0) is 56.7. The Morgan fingerprint density at radius 2 is 0.520 bits per heavy atom. The van der Waals surface area contributed by atoms with E-state index in [0.717, 1.165) is 46.7 Å². The molecule has 6 rings (SSSR count). The number of carbonyl (C=O) groups is 6. The van der Waals surface area contributed by atoms with Crippen molar-refractivity contribution in [3.63, 3.8) is 0 Å². The molecule has 0 aliphatic heterocycles. The molecule has 0 radical (unpaired) electrons. The highest BCUT2D eigenvalue weighted by atomic mass is 35.5. The van der Waals surface area contributed by atoms with Crippen LogP contribution in [0.3, 0.4) is 0 Å². The Hall–Kier alpha value is -5.61. The van der Waals surface area contributed by atoms with Crippen LogP contribution in [0.25, 0.3) is 0 Å². The van der Waals surface area contributed by atoms with Crippen LogP contribution in [0.5, 0.6) is 23.0 Å². The average Bonchev–Trinajstić information content (AvgIpc) is 3.34. The number of benzene rings is 6. The zero-order valence-corrected chi connectivity index (χ0v) is 49.1. The lowest BCUT2D eigenvalue weighted by molar-refractivity contribution is 0.102. The SMILES string of the molecule is COc1cccc(OC)c1C(=O)P(C)(=O)C(=O)c1c(OC)cccc1OC.CP(=O)(C(=O)c1c(Cl)cccc1Cl)C(=O)c1c(Cl)cccc1Cl.Cc1cc(C)c(C(=O)P(C)(=O)C(=O)c2c(C)cc(C)cc2C)c(C)c1. The lowest BCUT2D eigenvalue weighted by Gasteiger charge is -2.18. The van der Waals surface area contributed by atoms with Gasteiger partial charge in [0, 0.05) is 31.1 Å². The van der Waals surface area contributed by atoms with Crippen molar-refractivity contribution in [3.8, 4) is 23.0 Å². The fraction of sp³-hybridized carbons (Fsp3) is 0.236. The first-order chi connectivity index (χ1) is 35.0.